The third kappa shape index (κ3) is 21.3. The lowest BCUT2D eigenvalue weighted by Crippen LogP contribution is -2.16. The van der Waals surface area contributed by atoms with Crippen molar-refractivity contribution in [3.63, 3.8) is 0 Å². The molecule has 0 N–H and O–H groups in total. The van der Waals surface area contributed by atoms with E-state index >= 15 is 0 Å². The SMILES string of the molecule is O=C1CCc2ccccc2O1.O=C1OCCc2ccccc21.O=C1OCc2ccccc21.O=c1ccc2ccccc2o1.O=c1occc2ccccc12.c1ccc2c(c1)CCCO2.c1ccc2c(c1)CCOC2.c1ccc2c(c1)OCCO2.c1ccc2c(c1)OCO2.c1ccc2cc3ccccc3cc2c1. The van der Waals surface area contributed by atoms with Gasteiger partial charge in [-0.15, -0.1) is 0 Å². The van der Waals surface area contributed by atoms with Crippen LogP contribution in [-0.2, 0) is 57.9 Å². The van der Waals surface area contributed by atoms with Crippen LogP contribution in [-0.4, -0.2) is 57.7 Å². The van der Waals surface area contributed by atoms with E-state index in [0.29, 0.717) is 56.2 Å². The number of fused-ring (bicyclic) bond motifs is 11. The molecule has 0 bridgehead atoms. The van der Waals surface area contributed by atoms with Crippen LogP contribution in [0.15, 0.2) is 322 Å². The summed E-state index contributed by atoms with van der Waals surface area (Å²) >= 11 is 0. The summed E-state index contributed by atoms with van der Waals surface area (Å²) in [6, 6.07) is 95.8. The van der Waals surface area contributed by atoms with Crippen molar-refractivity contribution in [2.75, 3.05) is 39.8 Å². The number of carbonyl (C=O) groups excluding carboxylic acids is 3. The van der Waals surface area contributed by atoms with Crippen molar-refractivity contribution in [3.05, 3.63) is 369 Å². The Hall–Kier alpha value is -13.1. The van der Waals surface area contributed by atoms with Crippen molar-refractivity contribution < 1.29 is 65.8 Å². The van der Waals surface area contributed by atoms with Crippen LogP contribution in [0.2, 0.25) is 0 Å². The molecule has 12 aromatic carbocycles. The molecule has 16 heteroatoms. The molecule has 0 aliphatic carbocycles. The highest BCUT2D eigenvalue weighted by molar-refractivity contribution is 5.98. The molecule has 7 aliphatic heterocycles. The maximum atomic E-state index is 11.1. The fourth-order valence-corrected chi connectivity index (χ4v) is 11.9. The minimum absolute atomic E-state index is 0.122. The smallest absolute Gasteiger partial charge is 0.343 e. The van der Waals surface area contributed by atoms with Crippen molar-refractivity contribution in [2.24, 2.45) is 0 Å². The van der Waals surface area contributed by atoms with E-state index in [-0.39, 0.29) is 29.2 Å². The number of para-hydroxylation sites is 7. The van der Waals surface area contributed by atoms with Crippen LogP contribution >= 0.6 is 0 Å². The summed E-state index contributed by atoms with van der Waals surface area (Å²) in [7, 11) is 0. The van der Waals surface area contributed by atoms with Crippen LogP contribution in [0.1, 0.15) is 66.9 Å². The molecular formula is C91H78O16. The quantitative estimate of drug-likeness (QED) is 0.0601. The van der Waals surface area contributed by atoms with Crippen LogP contribution in [0.25, 0.3) is 43.3 Å². The Bertz CT molecular complexity index is 5070. The van der Waals surface area contributed by atoms with Crippen LogP contribution in [0, 0.1) is 0 Å². The van der Waals surface area contributed by atoms with Crippen LogP contribution in [0.3, 0.4) is 0 Å². The molecule has 0 fully saturated rings. The van der Waals surface area contributed by atoms with Crippen LogP contribution < -0.4 is 39.7 Å². The minimum Gasteiger partial charge on any atom is -0.493 e. The van der Waals surface area contributed by atoms with Crippen molar-refractivity contribution in [1.82, 2.24) is 0 Å². The lowest BCUT2D eigenvalue weighted by atomic mass is 10.0. The number of cyclic esters (lactones) is 2. The van der Waals surface area contributed by atoms with Gasteiger partial charge in [-0.3, -0.25) is 4.79 Å². The maximum absolute atomic E-state index is 11.1. The summed E-state index contributed by atoms with van der Waals surface area (Å²) in [5.74, 6) is 4.70. The second-order valence-electron chi connectivity index (χ2n) is 24.6. The first-order valence-corrected chi connectivity index (χ1v) is 35.3. The Balaban J connectivity index is 0.000000111. The van der Waals surface area contributed by atoms with Gasteiger partial charge < -0.3 is 51.5 Å². The molecule has 0 radical (unpaired) electrons. The molecule has 2 aromatic heterocycles. The first-order valence-electron chi connectivity index (χ1n) is 35.3. The lowest BCUT2D eigenvalue weighted by molar-refractivity contribution is -0.135. The molecule has 0 atom stereocenters. The highest BCUT2D eigenvalue weighted by atomic mass is 16.7. The van der Waals surface area contributed by atoms with E-state index in [4.69, 9.17) is 47.0 Å². The number of esters is 3. The van der Waals surface area contributed by atoms with Crippen molar-refractivity contribution in [3.8, 4) is 34.5 Å². The Morgan fingerprint density at radius 2 is 0.748 bits per heavy atom. The Morgan fingerprint density at radius 3 is 1.35 bits per heavy atom. The summed E-state index contributed by atoms with van der Waals surface area (Å²) < 4.78 is 55.7. The van der Waals surface area contributed by atoms with E-state index in [1.165, 1.54) is 57.0 Å². The number of aryl methyl sites for hydroxylation is 2. The molecular weight excluding hydrogens is 1350 g/mol. The van der Waals surface area contributed by atoms with Crippen LogP contribution in [0.5, 0.6) is 34.5 Å². The third-order valence-electron chi connectivity index (χ3n) is 17.4. The van der Waals surface area contributed by atoms with E-state index in [0.717, 1.165) is 113 Å². The second-order valence-corrected chi connectivity index (χ2v) is 24.6. The zero-order chi connectivity index (χ0) is 73.6. The summed E-state index contributed by atoms with van der Waals surface area (Å²) in [5, 5.41) is 7.75. The van der Waals surface area contributed by atoms with Gasteiger partial charge in [0.05, 0.1) is 55.6 Å². The summed E-state index contributed by atoms with van der Waals surface area (Å²) in [6.45, 7) is 5.22. The molecule has 107 heavy (non-hydrogen) atoms. The van der Waals surface area contributed by atoms with E-state index in [9.17, 15) is 24.0 Å². The van der Waals surface area contributed by atoms with E-state index in [2.05, 4.69) is 101 Å². The van der Waals surface area contributed by atoms with Crippen LogP contribution in [0.4, 0.5) is 0 Å². The molecule has 21 rings (SSSR count). The number of rotatable bonds is 0. The highest BCUT2D eigenvalue weighted by Crippen LogP contribution is 2.32. The van der Waals surface area contributed by atoms with Crippen molar-refractivity contribution in [1.29, 1.82) is 0 Å². The number of hydrogen-bond donors (Lipinski definition) is 0. The largest absolute Gasteiger partial charge is 0.493 e. The third-order valence-corrected chi connectivity index (χ3v) is 17.4. The molecule has 14 aromatic rings. The first-order chi connectivity index (χ1) is 52.6. The summed E-state index contributed by atoms with van der Waals surface area (Å²) in [5.41, 5.74) is 8.88. The molecule has 0 unspecified atom stereocenters. The van der Waals surface area contributed by atoms with Gasteiger partial charge >= 0.3 is 29.2 Å². The molecule has 0 saturated heterocycles. The zero-order valence-electron chi connectivity index (χ0n) is 58.8. The van der Waals surface area contributed by atoms with Gasteiger partial charge in [0, 0.05) is 23.4 Å². The van der Waals surface area contributed by atoms with Gasteiger partial charge in [-0.05, 0) is 165 Å². The summed E-state index contributed by atoms with van der Waals surface area (Å²) in [6.07, 6.45) is 7.00. The number of benzene rings is 12. The Morgan fingerprint density at radius 1 is 0.280 bits per heavy atom. The molecule has 16 nitrogen and oxygen atoms in total. The fraction of sp³-hybridized carbons (Fsp3) is 0.154. The monoisotopic (exact) mass is 1430 g/mol. The first kappa shape index (κ1) is 73.7. The highest BCUT2D eigenvalue weighted by Gasteiger charge is 2.20. The number of hydrogen-bond acceptors (Lipinski definition) is 16. The predicted molar refractivity (Wildman–Crippen MR) is 413 cm³/mol. The van der Waals surface area contributed by atoms with E-state index in [1.54, 1.807) is 36.4 Å². The normalized spacial score (nSPS) is 13.6. The van der Waals surface area contributed by atoms with E-state index < -0.39 is 0 Å². The van der Waals surface area contributed by atoms with Gasteiger partial charge in [-0.1, -0.05) is 206 Å². The Labute approximate surface area is 618 Å². The number of carbonyl (C=O) groups is 3. The topological polar surface area (TPSA) is 195 Å². The molecule has 7 aliphatic rings. The Kier molecular flexibility index (Phi) is 26.5. The fourth-order valence-electron chi connectivity index (χ4n) is 11.9. The van der Waals surface area contributed by atoms with E-state index in [1.807, 2.05) is 158 Å². The van der Waals surface area contributed by atoms with Gasteiger partial charge in [-0.25, -0.2) is 19.2 Å². The van der Waals surface area contributed by atoms with Gasteiger partial charge in [0.25, 0.3) is 0 Å². The minimum atomic E-state index is -0.302. The molecule has 0 amide bonds. The molecule has 9 heterocycles. The lowest BCUT2D eigenvalue weighted by Gasteiger charge is -2.17. The molecule has 0 saturated carbocycles. The maximum Gasteiger partial charge on any atom is 0.343 e. The predicted octanol–water partition coefficient (Wildman–Crippen LogP) is 18.5. The molecule has 538 valence electrons. The summed E-state index contributed by atoms with van der Waals surface area (Å²) in [4.78, 5) is 54.4. The second kappa shape index (κ2) is 38.5. The number of ether oxygens (including phenoxy) is 9. The van der Waals surface area contributed by atoms with Gasteiger partial charge in [0.15, 0.2) is 23.0 Å². The van der Waals surface area contributed by atoms with Gasteiger partial charge in [-0.2, -0.15) is 0 Å². The standard InChI is InChI=1S/C14H10.C9H8O2.C9H6O2.C9H8O2.C9H6O2.2C9H10O.C8H8O2.C8H6O2.C7H6O2/c1-2-6-12-10-14-8-4-3-7-13(14)9-11(12)5-1;2*10-9-8-4-2-1-3-7(8)5-6-11-9;2*10-9-6-5-7-3-1-2-4-8(7)11-9;1-2-6-9-8(4-1)5-3-7-10-9;1-2-4-9-7-10-6-5-8(9)3-1;1-2-4-8-7(3-1)9-5-6-10-8;9-8-7-4-2-1-3-6(7)5-10-8;1-2-4-7-6(3-1)8-5-9-7/h1-10H;1-4H,5-6H2;1-6H;1-4H,5-6H2;1-6H;1-2,4,6H,3,5,7H2;1-4H,5-7H2;1-4H,5-6H2;1-4H,5H2;1-4H,5H2. The van der Waals surface area contributed by atoms with Crippen molar-refractivity contribution in [2.45, 2.75) is 51.7 Å². The molecule has 0 spiro atoms. The average Bonchev–Trinajstić information content (AvgIpc) is 1.38. The zero-order valence-corrected chi connectivity index (χ0v) is 58.8. The van der Waals surface area contributed by atoms with Gasteiger partial charge in [0.2, 0.25) is 6.79 Å². The van der Waals surface area contributed by atoms with Crippen molar-refractivity contribution >= 4 is 61.2 Å². The average molecular weight is 1430 g/mol. The van der Waals surface area contributed by atoms with Gasteiger partial charge in [0.1, 0.15) is 36.9 Å².